The molecule has 0 spiro atoms. The van der Waals surface area contributed by atoms with Crippen LogP contribution in [-0.4, -0.2) is 26.6 Å². The fourth-order valence-corrected chi connectivity index (χ4v) is 2.60. The maximum Gasteiger partial charge on any atom is 0.185 e. The van der Waals surface area contributed by atoms with Gasteiger partial charge in [-0.15, -0.1) is 6.58 Å². The van der Waals surface area contributed by atoms with E-state index in [2.05, 4.69) is 6.58 Å². The van der Waals surface area contributed by atoms with Crippen LogP contribution in [0.5, 0.6) is 17.2 Å². The molecule has 4 heteroatoms. The molecular weight excluding hydrogens is 328 g/mol. The van der Waals surface area contributed by atoms with Crippen LogP contribution in [0.15, 0.2) is 55.1 Å². The summed E-state index contributed by atoms with van der Waals surface area (Å²) in [6.07, 6.45) is 5.76. The van der Waals surface area contributed by atoms with Crippen molar-refractivity contribution in [3.05, 3.63) is 71.8 Å². The van der Waals surface area contributed by atoms with Crippen LogP contribution >= 0.6 is 0 Å². The number of rotatable bonds is 9. The zero-order chi connectivity index (χ0) is 18.9. The van der Waals surface area contributed by atoms with Gasteiger partial charge in [-0.3, -0.25) is 4.79 Å². The largest absolute Gasteiger partial charge is 0.497 e. The molecule has 0 unspecified atom stereocenters. The van der Waals surface area contributed by atoms with E-state index in [9.17, 15) is 4.79 Å². The maximum atomic E-state index is 12.5. The lowest BCUT2D eigenvalue weighted by atomic mass is 10.0. The van der Waals surface area contributed by atoms with E-state index in [-0.39, 0.29) is 5.78 Å². The van der Waals surface area contributed by atoms with E-state index in [1.165, 1.54) is 0 Å². The van der Waals surface area contributed by atoms with Crippen molar-refractivity contribution in [1.29, 1.82) is 0 Å². The molecule has 0 heterocycles. The topological polar surface area (TPSA) is 44.8 Å². The van der Waals surface area contributed by atoms with Crippen molar-refractivity contribution < 1.29 is 19.0 Å². The van der Waals surface area contributed by atoms with Crippen molar-refractivity contribution in [2.45, 2.75) is 13.3 Å². The van der Waals surface area contributed by atoms with Gasteiger partial charge in [-0.2, -0.15) is 0 Å². The zero-order valence-electron chi connectivity index (χ0n) is 15.5. The first-order valence-electron chi connectivity index (χ1n) is 8.44. The Bertz CT molecular complexity index is 789. The van der Waals surface area contributed by atoms with E-state index < -0.39 is 0 Å². The lowest BCUT2D eigenvalue weighted by molar-refractivity contribution is 0.104. The summed E-state index contributed by atoms with van der Waals surface area (Å²) in [7, 11) is 3.21. The number of hydrogen-bond donors (Lipinski definition) is 0. The summed E-state index contributed by atoms with van der Waals surface area (Å²) < 4.78 is 16.2. The highest BCUT2D eigenvalue weighted by Crippen LogP contribution is 2.30. The number of methoxy groups -OCH3 is 2. The first-order chi connectivity index (χ1) is 12.6. The fraction of sp³-hybridized carbons (Fsp3) is 0.227. The van der Waals surface area contributed by atoms with Crippen LogP contribution in [0.4, 0.5) is 0 Å². The van der Waals surface area contributed by atoms with Crippen molar-refractivity contribution in [1.82, 2.24) is 0 Å². The van der Waals surface area contributed by atoms with Crippen LogP contribution in [0.3, 0.4) is 0 Å². The van der Waals surface area contributed by atoms with Crippen LogP contribution in [0.25, 0.3) is 6.08 Å². The molecule has 0 saturated heterocycles. The average molecular weight is 352 g/mol. The number of hydrogen-bond acceptors (Lipinski definition) is 4. The van der Waals surface area contributed by atoms with E-state index in [0.29, 0.717) is 30.1 Å². The van der Waals surface area contributed by atoms with Gasteiger partial charge in [-0.05, 0) is 55.3 Å². The van der Waals surface area contributed by atoms with Crippen molar-refractivity contribution in [2.24, 2.45) is 0 Å². The van der Waals surface area contributed by atoms with Crippen LogP contribution in [0.2, 0.25) is 0 Å². The van der Waals surface area contributed by atoms with Crippen LogP contribution in [0, 0.1) is 0 Å². The molecular formula is C22H24O4. The van der Waals surface area contributed by atoms with Gasteiger partial charge in [-0.25, -0.2) is 0 Å². The zero-order valence-corrected chi connectivity index (χ0v) is 15.5. The van der Waals surface area contributed by atoms with Crippen LogP contribution in [0.1, 0.15) is 28.4 Å². The van der Waals surface area contributed by atoms with E-state index in [4.69, 9.17) is 14.2 Å². The van der Waals surface area contributed by atoms with Gasteiger partial charge >= 0.3 is 0 Å². The molecule has 0 aliphatic heterocycles. The number of carbonyl (C=O) groups is 1. The van der Waals surface area contributed by atoms with Crippen LogP contribution in [-0.2, 0) is 6.42 Å². The van der Waals surface area contributed by atoms with E-state index >= 15 is 0 Å². The smallest absolute Gasteiger partial charge is 0.185 e. The summed E-state index contributed by atoms with van der Waals surface area (Å²) >= 11 is 0. The Hall–Kier alpha value is -3.01. The van der Waals surface area contributed by atoms with Gasteiger partial charge < -0.3 is 14.2 Å². The van der Waals surface area contributed by atoms with E-state index in [0.717, 1.165) is 16.9 Å². The molecule has 26 heavy (non-hydrogen) atoms. The molecule has 0 fully saturated rings. The molecule has 0 N–H and O–H groups in total. The van der Waals surface area contributed by atoms with Gasteiger partial charge in [0.25, 0.3) is 0 Å². The predicted octanol–water partition coefficient (Wildman–Crippen LogP) is 4.73. The van der Waals surface area contributed by atoms with Crippen molar-refractivity contribution >= 4 is 11.9 Å². The van der Waals surface area contributed by atoms with Crippen molar-refractivity contribution in [3.8, 4) is 17.2 Å². The number of carbonyl (C=O) groups excluding carboxylic acids is 1. The number of benzene rings is 2. The third-order valence-corrected chi connectivity index (χ3v) is 3.89. The predicted molar refractivity (Wildman–Crippen MR) is 104 cm³/mol. The normalized spacial score (nSPS) is 10.6. The average Bonchev–Trinajstić information content (AvgIpc) is 2.67. The Labute approximate surface area is 154 Å². The van der Waals surface area contributed by atoms with Gasteiger partial charge in [0.15, 0.2) is 5.78 Å². The molecule has 2 aromatic carbocycles. The lowest BCUT2D eigenvalue weighted by Crippen LogP contribution is -1.98. The molecule has 0 saturated carbocycles. The molecule has 0 bridgehead atoms. The van der Waals surface area contributed by atoms with Gasteiger partial charge in [0.1, 0.15) is 17.2 Å². The van der Waals surface area contributed by atoms with Crippen molar-refractivity contribution in [2.75, 3.05) is 20.8 Å². The first-order valence-corrected chi connectivity index (χ1v) is 8.44. The second-order valence-corrected chi connectivity index (χ2v) is 5.55. The minimum absolute atomic E-state index is 0.0839. The molecule has 0 amide bonds. The third kappa shape index (κ3) is 4.76. The summed E-state index contributed by atoms with van der Waals surface area (Å²) in [5.74, 6) is 2.04. The van der Waals surface area contributed by atoms with Gasteiger partial charge in [0, 0.05) is 17.2 Å². The highest BCUT2D eigenvalue weighted by molar-refractivity contribution is 6.07. The molecule has 0 radical (unpaired) electrons. The summed E-state index contributed by atoms with van der Waals surface area (Å²) in [4.78, 5) is 12.5. The van der Waals surface area contributed by atoms with E-state index in [1.807, 2.05) is 19.1 Å². The van der Waals surface area contributed by atoms with Gasteiger partial charge in [-0.1, -0.05) is 12.2 Å². The molecule has 4 nitrogen and oxygen atoms in total. The molecule has 0 aliphatic rings. The Morgan fingerprint density at radius 1 is 1.08 bits per heavy atom. The van der Waals surface area contributed by atoms with Gasteiger partial charge in [0.05, 0.1) is 20.8 Å². The minimum atomic E-state index is -0.0839. The molecule has 136 valence electrons. The summed E-state index contributed by atoms with van der Waals surface area (Å²) in [5.41, 5.74) is 2.42. The van der Waals surface area contributed by atoms with E-state index in [1.54, 1.807) is 56.7 Å². The number of allylic oxidation sites excluding steroid dienone is 2. The summed E-state index contributed by atoms with van der Waals surface area (Å²) in [6.45, 7) is 6.31. The molecule has 2 rings (SSSR count). The SMILES string of the molecule is C=CCc1c(C=CC(=O)c2ccc(OCC)cc2)cc(OC)cc1OC. The molecule has 0 atom stereocenters. The standard InChI is InChI=1S/C22H24O4/c1-5-7-20-17(14-19(24-3)15-22(20)25-4)10-13-21(23)16-8-11-18(12-9-16)26-6-2/h5,8-15H,1,6-7H2,2-4H3. The number of ketones is 1. The Kier molecular flexibility index (Phi) is 7.03. The minimum Gasteiger partial charge on any atom is -0.497 e. The fourth-order valence-electron chi connectivity index (χ4n) is 2.60. The Morgan fingerprint density at radius 2 is 1.81 bits per heavy atom. The molecule has 2 aromatic rings. The second kappa shape index (κ2) is 9.47. The summed E-state index contributed by atoms with van der Waals surface area (Å²) in [6, 6.07) is 10.8. The second-order valence-electron chi connectivity index (χ2n) is 5.55. The van der Waals surface area contributed by atoms with Gasteiger partial charge in [0.2, 0.25) is 0 Å². The highest BCUT2D eigenvalue weighted by atomic mass is 16.5. The Balaban J connectivity index is 2.30. The Morgan fingerprint density at radius 3 is 2.38 bits per heavy atom. The third-order valence-electron chi connectivity index (χ3n) is 3.89. The maximum absolute atomic E-state index is 12.5. The quantitative estimate of drug-likeness (QED) is 0.372. The highest BCUT2D eigenvalue weighted by Gasteiger charge is 2.10. The van der Waals surface area contributed by atoms with Crippen LogP contribution < -0.4 is 14.2 Å². The monoisotopic (exact) mass is 352 g/mol. The summed E-state index contributed by atoms with van der Waals surface area (Å²) in [5, 5.41) is 0. The number of ether oxygens (including phenoxy) is 3. The van der Waals surface area contributed by atoms with Crippen molar-refractivity contribution in [3.63, 3.8) is 0 Å². The lowest BCUT2D eigenvalue weighted by Gasteiger charge is -2.13. The first kappa shape index (κ1) is 19.3. The molecule has 0 aliphatic carbocycles. The molecule has 0 aromatic heterocycles.